The normalized spacial score (nSPS) is 14.7. The summed E-state index contributed by atoms with van der Waals surface area (Å²) in [4.78, 5) is 39.0. The first-order valence-electron chi connectivity index (χ1n) is 11.2. The molecule has 1 aliphatic heterocycles. The van der Waals surface area contributed by atoms with Crippen LogP contribution in [0.15, 0.2) is 72.3 Å². The van der Waals surface area contributed by atoms with Gasteiger partial charge in [0.2, 0.25) is 0 Å². The Balaban J connectivity index is 1.51. The van der Waals surface area contributed by atoms with E-state index in [2.05, 4.69) is 5.32 Å². The van der Waals surface area contributed by atoms with Gasteiger partial charge in [0.15, 0.2) is 0 Å². The first-order chi connectivity index (χ1) is 17.4. The van der Waals surface area contributed by atoms with Gasteiger partial charge in [0.05, 0.1) is 12.3 Å². The minimum atomic E-state index is -0.830. The van der Waals surface area contributed by atoms with Crippen LogP contribution in [0.3, 0.4) is 0 Å². The van der Waals surface area contributed by atoms with Gasteiger partial charge in [-0.15, -0.1) is 0 Å². The van der Waals surface area contributed by atoms with Crippen molar-refractivity contribution in [1.29, 1.82) is 0 Å². The van der Waals surface area contributed by atoms with Crippen LogP contribution in [0, 0.1) is 0 Å². The number of hydrogen-bond donors (Lipinski definition) is 1. The number of imide groups is 2. The lowest BCUT2D eigenvalue weighted by atomic mass is 10.1. The molecule has 184 valence electrons. The maximum absolute atomic E-state index is 13.2. The number of carbonyl (C=O) groups excluding carboxylic acids is 3. The second-order valence-corrected chi connectivity index (χ2v) is 8.74. The number of rotatable bonds is 8. The summed E-state index contributed by atoms with van der Waals surface area (Å²) in [7, 11) is 0. The van der Waals surface area contributed by atoms with Crippen LogP contribution in [0.5, 0.6) is 11.5 Å². The summed E-state index contributed by atoms with van der Waals surface area (Å²) in [6.45, 7) is 2.76. The number of nitrogens with zero attached hydrogens (tertiary/aromatic N) is 1. The van der Waals surface area contributed by atoms with Gasteiger partial charge in [0, 0.05) is 15.6 Å². The summed E-state index contributed by atoms with van der Waals surface area (Å²) >= 11 is 12.1. The maximum atomic E-state index is 13.2. The van der Waals surface area contributed by atoms with Crippen molar-refractivity contribution in [2.24, 2.45) is 0 Å². The van der Waals surface area contributed by atoms with Crippen LogP contribution in [0.2, 0.25) is 10.0 Å². The summed E-state index contributed by atoms with van der Waals surface area (Å²) < 4.78 is 11.4. The smallest absolute Gasteiger partial charge is 0.335 e. The number of urea groups is 1. The van der Waals surface area contributed by atoms with Crippen LogP contribution < -0.4 is 19.7 Å². The highest BCUT2D eigenvalue weighted by atomic mass is 35.5. The Morgan fingerprint density at radius 2 is 1.69 bits per heavy atom. The topological polar surface area (TPSA) is 84.9 Å². The summed E-state index contributed by atoms with van der Waals surface area (Å²) in [5.41, 5.74) is 1.47. The van der Waals surface area contributed by atoms with E-state index in [0.29, 0.717) is 33.7 Å². The molecule has 0 aromatic heterocycles. The third-order valence-corrected chi connectivity index (χ3v) is 5.83. The lowest BCUT2D eigenvalue weighted by Crippen LogP contribution is -2.54. The number of hydrogen-bond acceptors (Lipinski definition) is 5. The number of ether oxygens (including phenoxy) is 2. The Bertz CT molecular complexity index is 1340. The first-order valence-corrected chi connectivity index (χ1v) is 11.9. The second-order valence-electron chi connectivity index (χ2n) is 7.90. The van der Waals surface area contributed by atoms with E-state index < -0.39 is 17.8 Å². The molecule has 1 saturated heterocycles. The van der Waals surface area contributed by atoms with Crippen LogP contribution in [-0.4, -0.2) is 24.5 Å². The van der Waals surface area contributed by atoms with E-state index in [-0.39, 0.29) is 17.9 Å². The third kappa shape index (κ3) is 5.87. The molecule has 0 atom stereocenters. The van der Waals surface area contributed by atoms with Gasteiger partial charge in [-0.1, -0.05) is 48.3 Å². The largest absolute Gasteiger partial charge is 0.494 e. The van der Waals surface area contributed by atoms with Crippen LogP contribution >= 0.6 is 23.2 Å². The molecule has 1 N–H and O–H groups in total. The summed E-state index contributed by atoms with van der Waals surface area (Å²) in [5.74, 6) is -0.366. The van der Waals surface area contributed by atoms with Gasteiger partial charge in [-0.05, 0) is 66.6 Å². The fraction of sp³-hybridized carbons (Fsp3) is 0.148. The van der Waals surface area contributed by atoms with E-state index in [1.54, 1.807) is 66.7 Å². The number of carbonyl (C=O) groups is 3. The molecular weight excluding hydrogens is 503 g/mol. The van der Waals surface area contributed by atoms with Crippen LogP contribution in [0.4, 0.5) is 10.5 Å². The van der Waals surface area contributed by atoms with Crippen molar-refractivity contribution in [1.82, 2.24) is 5.32 Å². The molecule has 0 aliphatic carbocycles. The van der Waals surface area contributed by atoms with Crippen LogP contribution in [-0.2, 0) is 16.2 Å². The molecule has 36 heavy (non-hydrogen) atoms. The van der Waals surface area contributed by atoms with Gasteiger partial charge in [-0.3, -0.25) is 14.9 Å². The van der Waals surface area contributed by atoms with Crippen LogP contribution in [0.1, 0.15) is 24.5 Å². The number of barbiturate groups is 1. The van der Waals surface area contributed by atoms with E-state index >= 15 is 0 Å². The van der Waals surface area contributed by atoms with Crippen molar-refractivity contribution in [3.8, 4) is 11.5 Å². The van der Waals surface area contributed by atoms with E-state index in [4.69, 9.17) is 32.7 Å². The average molecular weight is 525 g/mol. The Morgan fingerprint density at radius 1 is 0.917 bits per heavy atom. The zero-order valence-electron chi connectivity index (χ0n) is 19.3. The van der Waals surface area contributed by atoms with Gasteiger partial charge in [-0.25, -0.2) is 9.69 Å². The van der Waals surface area contributed by atoms with E-state index in [1.807, 2.05) is 6.92 Å². The average Bonchev–Trinajstić information content (AvgIpc) is 2.86. The molecule has 0 spiro atoms. The van der Waals surface area contributed by atoms with Gasteiger partial charge >= 0.3 is 6.03 Å². The number of amides is 4. The van der Waals surface area contributed by atoms with Crippen molar-refractivity contribution in [3.05, 3.63) is 93.5 Å². The summed E-state index contributed by atoms with van der Waals surface area (Å²) in [5, 5.41) is 3.24. The molecule has 4 amide bonds. The molecular formula is C27H22Cl2N2O5. The quantitative estimate of drug-likeness (QED) is 0.287. The molecule has 1 aliphatic rings. The second kappa shape index (κ2) is 11.3. The van der Waals surface area contributed by atoms with Gasteiger partial charge < -0.3 is 9.47 Å². The molecule has 0 radical (unpaired) electrons. The number of halogens is 2. The molecule has 0 unspecified atom stereocenters. The standard InChI is InChI=1S/C27H22Cl2N2O5/c1-2-12-35-22-5-3-4-17(13-22)14-23-25(32)30-27(34)31(26(23)33)20-8-10-21(11-9-20)36-16-18-6-7-19(28)15-24(18)29/h3-11,13-15H,2,12,16H2,1H3,(H,30,32,34)/b23-14-. The molecule has 7 nitrogen and oxygen atoms in total. The molecule has 1 heterocycles. The van der Waals surface area contributed by atoms with Crippen LogP contribution in [0.25, 0.3) is 6.08 Å². The van der Waals surface area contributed by atoms with E-state index in [0.717, 1.165) is 16.9 Å². The molecule has 4 rings (SSSR count). The number of nitrogens with one attached hydrogen (secondary N) is 1. The number of benzene rings is 3. The third-order valence-electron chi connectivity index (χ3n) is 5.25. The van der Waals surface area contributed by atoms with Crippen molar-refractivity contribution < 1.29 is 23.9 Å². The lowest BCUT2D eigenvalue weighted by Gasteiger charge is -2.26. The zero-order chi connectivity index (χ0) is 25.7. The molecule has 9 heteroatoms. The molecule has 1 fully saturated rings. The molecule has 0 bridgehead atoms. The Morgan fingerprint density at radius 3 is 2.42 bits per heavy atom. The molecule has 3 aromatic carbocycles. The predicted molar refractivity (Wildman–Crippen MR) is 138 cm³/mol. The first kappa shape index (κ1) is 25.3. The SMILES string of the molecule is CCCOc1cccc(/C=C2/C(=O)NC(=O)N(c3ccc(OCc4ccc(Cl)cc4Cl)cc3)C2=O)c1. The fourth-order valence-corrected chi connectivity index (χ4v) is 3.93. The van der Waals surface area contributed by atoms with E-state index in [9.17, 15) is 14.4 Å². The summed E-state index contributed by atoms with van der Waals surface area (Å²) in [6, 6.07) is 17.7. The lowest BCUT2D eigenvalue weighted by molar-refractivity contribution is -0.122. The minimum Gasteiger partial charge on any atom is -0.494 e. The van der Waals surface area contributed by atoms with Crippen molar-refractivity contribution in [2.75, 3.05) is 11.5 Å². The van der Waals surface area contributed by atoms with E-state index in [1.165, 1.54) is 6.08 Å². The van der Waals surface area contributed by atoms with Gasteiger partial charge in [0.25, 0.3) is 11.8 Å². The maximum Gasteiger partial charge on any atom is 0.335 e. The Kier molecular flexibility index (Phi) is 7.93. The van der Waals surface area contributed by atoms with Crippen molar-refractivity contribution >= 4 is 52.8 Å². The highest BCUT2D eigenvalue weighted by Gasteiger charge is 2.36. The highest BCUT2D eigenvalue weighted by molar-refractivity contribution is 6.39. The predicted octanol–water partition coefficient (Wildman–Crippen LogP) is 6.03. The fourth-order valence-electron chi connectivity index (χ4n) is 3.46. The zero-order valence-corrected chi connectivity index (χ0v) is 20.8. The monoisotopic (exact) mass is 524 g/mol. The Hall–Kier alpha value is -3.81. The van der Waals surface area contributed by atoms with Crippen molar-refractivity contribution in [2.45, 2.75) is 20.0 Å². The molecule has 0 saturated carbocycles. The van der Waals surface area contributed by atoms with Gasteiger partial charge in [-0.2, -0.15) is 0 Å². The molecule has 3 aromatic rings. The number of anilines is 1. The Labute approximate surface area is 218 Å². The van der Waals surface area contributed by atoms with Crippen molar-refractivity contribution in [3.63, 3.8) is 0 Å². The summed E-state index contributed by atoms with van der Waals surface area (Å²) in [6.07, 6.45) is 2.28. The highest BCUT2D eigenvalue weighted by Crippen LogP contribution is 2.27. The minimum absolute atomic E-state index is 0.167. The van der Waals surface area contributed by atoms with Gasteiger partial charge in [0.1, 0.15) is 23.7 Å².